The number of hydrogen-bond acceptors (Lipinski definition) is 3. The molecule has 116 valence electrons. The minimum Gasteiger partial charge on any atom is -0.508 e. The fourth-order valence-corrected chi connectivity index (χ4v) is 3.19. The number of phenolic OH excluding ortho intramolecular Hbond substituents is 1. The second-order valence-electron chi connectivity index (χ2n) is 6.12. The summed E-state index contributed by atoms with van der Waals surface area (Å²) in [6.07, 6.45) is 3.61. The minimum atomic E-state index is -0.258. The number of fused-ring (bicyclic) bond motifs is 2. The van der Waals surface area contributed by atoms with Crippen LogP contribution in [0, 0.1) is 0 Å². The highest BCUT2D eigenvalue weighted by Gasteiger charge is 2.49. The molecule has 1 aromatic carbocycles. The molecule has 2 N–H and O–H groups in total. The Labute approximate surface area is 129 Å². The third kappa shape index (κ3) is 2.71. The van der Waals surface area contributed by atoms with Gasteiger partial charge >= 0.3 is 0 Å². The van der Waals surface area contributed by atoms with Crippen molar-refractivity contribution in [3.05, 3.63) is 42.0 Å². The molecule has 2 aliphatic rings. The van der Waals surface area contributed by atoms with Crippen molar-refractivity contribution in [1.82, 2.24) is 10.2 Å². The molecule has 1 aliphatic heterocycles. The van der Waals surface area contributed by atoms with Crippen molar-refractivity contribution >= 4 is 11.8 Å². The van der Waals surface area contributed by atoms with Gasteiger partial charge in [-0.1, -0.05) is 12.6 Å². The number of nitrogens with zero attached hydrogens (tertiary/aromatic N) is 1. The molecule has 0 aromatic heterocycles. The van der Waals surface area contributed by atoms with Gasteiger partial charge in [-0.25, -0.2) is 0 Å². The van der Waals surface area contributed by atoms with Gasteiger partial charge in [0.25, 0.3) is 0 Å². The zero-order valence-electron chi connectivity index (χ0n) is 12.5. The third-order valence-corrected chi connectivity index (χ3v) is 4.55. The number of carbonyl (C=O) groups excluding carboxylic acids is 2. The summed E-state index contributed by atoms with van der Waals surface area (Å²) in [7, 11) is 0. The lowest BCUT2D eigenvalue weighted by Gasteiger charge is -2.35. The fraction of sp³-hybridized carbons (Fsp3) is 0.412. The molecule has 2 amide bonds. The number of benzene rings is 1. The van der Waals surface area contributed by atoms with Crippen LogP contribution >= 0.6 is 0 Å². The molecule has 3 rings (SSSR count). The molecule has 0 radical (unpaired) electrons. The average Bonchev–Trinajstić information content (AvgIpc) is 3.27. The maximum Gasteiger partial charge on any atom is 0.243 e. The van der Waals surface area contributed by atoms with E-state index in [2.05, 4.69) is 11.9 Å². The highest BCUT2D eigenvalue weighted by Crippen LogP contribution is 2.53. The molecule has 5 heteroatoms. The van der Waals surface area contributed by atoms with Gasteiger partial charge in [0.2, 0.25) is 11.8 Å². The number of rotatable bonds is 4. The summed E-state index contributed by atoms with van der Waals surface area (Å²) in [5.41, 5.74) is 2.34. The van der Waals surface area contributed by atoms with E-state index in [4.69, 9.17) is 0 Å². The minimum absolute atomic E-state index is 0.0341. The first-order chi connectivity index (χ1) is 10.5. The average molecular weight is 300 g/mol. The van der Waals surface area contributed by atoms with Gasteiger partial charge in [0.1, 0.15) is 5.75 Å². The number of nitrogens with one attached hydrogen (secondary N) is 1. The van der Waals surface area contributed by atoms with Gasteiger partial charge < -0.3 is 15.3 Å². The van der Waals surface area contributed by atoms with Gasteiger partial charge in [0, 0.05) is 31.5 Å². The van der Waals surface area contributed by atoms with Crippen LogP contribution in [0.25, 0.3) is 0 Å². The van der Waals surface area contributed by atoms with Crippen molar-refractivity contribution in [2.75, 3.05) is 13.1 Å². The first-order valence-corrected chi connectivity index (χ1v) is 7.54. The second-order valence-corrected chi connectivity index (χ2v) is 6.12. The number of aromatic hydroxyl groups is 1. The lowest BCUT2D eigenvalue weighted by Crippen LogP contribution is -2.42. The number of phenols is 1. The molecule has 0 atom stereocenters. The Morgan fingerprint density at radius 1 is 1.41 bits per heavy atom. The van der Waals surface area contributed by atoms with Crippen LogP contribution in [0.5, 0.6) is 5.75 Å². The number of amides is 2. The molecule has 1 aromatic rings. The Bertz CT molecular complexity index is 635. The van der Waals surface area contributed by atoms with E-state index in [0.717, 1.165) is 18.4 Å². The van der Waals surface area contributed by atoms with Gasteiger partial charge in [-0.15, -0.1) is 0 Å². The molecule has 1 heterocycles. The quantitative estimate of drug-likeness (QED) is 0.827. The summed E-state index contributed by atoms with van der Waals surface area (Å²) < 4.78 is 0. The second kappa shape index (κ2) is 5.48. The monoisotopic (exact) mass is 300 g/mol. The van der Waals surface area contributed by atoms with Gasteiger partial charge in [0.05, 0.1) is 0 Å². The zero-order chi connectivity index (χ0) is 15.7. The fourth-order valence-electron chi connectivity index (χ4n) is 3.19. The number of hydrogen-bond donors (Lipinski definition) is 2. The molecule has 22 heavy (non-hydrogen) atoms. The summed E-state index contributed by atoms with van der Waals surface area (Å²) >= 11 is 0. The summed E-state index contributed by atoms with van der Waals surface area (Å²) in [5, 5.41) is 12.3. The van der Waals surface area contributed by atoms with Crippen molar-refractivity contribution < 1.29 is 14.7 Å². The Balaban J connectivity index is 1.67. The van der Waals surface area contributed by atoms with Gasteiger partial charge in [0.15, 0.2) is 0 Å². The van der Waals surface area contributed by atoms with Crippen LogP contribution in [0.15, 0.2) is 30.9 Å². The van der Waals surface area contributed by atoms with E-state index in [-0.39, 0.29) is 23.0 Å². The molecule has 1 saturated carbocycles. The smallest absolute Gasteiger partial charge is 0.243 e. The number of carbonyl (C=O) groups is 2. The Kier molecular flexibility index (Phi) is 3.64. The van der Waals surface area contributed by atoms with Crippen molar-refractivity contribution in [2.45, 2.75) is 31.2 Å². The Morgan fingerprint density at radius 3 is 2.86 bits per heavy atom. The van der Waals surface area contributed by atoms with E-state index in [1.54, 1.807) is 6.07 Å². The van der Waals surface area contributed by atoms with Crippen molar-refractivity contribution in [2.24, 2.45) is 0 Å². The molecule has 5 nitrogen and oxygen atoms in total. The van der Waals surface area contributed by atoms with Crippen LogP contribution in [-0.4, -0.2) is 34.9 Å². The van der Waals surface area contributed by atoms with Gasteiger partial charge in [-0.2, -0.15) is 0 Å². The molecule has 1 fully saturated rings. The summed E-state index contributed by atoms with van der Waals surface area (Å²) in [5.74, 6) is 0.0808. The standard InChI is InChI=1S/C17H20N2O3/c1-2-15(21)18-8-5-16(22)19-10-12-3-4-13(20)9-14(12)17(11-19)6-7-17/h2-4,9,20H,1,5-8,10-11H2,(H,18,21). The normalized spacial score (nSPS) is 17.7. The van der Waals surface area contributed by atoms with Gasteiger partial charge in [-0.3, -0.25) is 9.59 Å². The lowest BCUT2D eigenvalue weighted by molar-refractivity contribution is -0.132. The van der Waals surface area contributed by atoms with Crippen molar-refractivity contribution in [3.8, 4) is 5.75 Å². The maximum atomic E-state index is 12.4. The molecule has 0 saturated heterocycles. The van der Waals surface area contributed by atoms with E-state index >= 15 is 0 Å². The van der Waals surface area contributed by atoms with E-state index in [0.29, 0.717) is 26.1 Å². The predicted octanol–water partition coefficient (Wildman–Crippen LogP) is 1.46. The van der Waals surface area contributed by atoms with Crippen LogP contribution in [0.1, 0.15) is 30.4 Å². The summed E-state index contributed by atoms with van der Waals surface area (Å²) in [6, 6.07) is 5.42. The SMILES string of the molecule is C=CC(=O)NCCC(=O)N1Cc2ccc(O)cc2C2(CC2)C1. The largest absolute Gasteiger partial charge is 0.508 e. The summed E-state index contributed by atoms with van der Waals surface area (Å²) in [6.45, 7) is 4.99. The first-order valence-electron chi connectivity index (χ1n) is 7.54. The summed E-state index contributed by atoms with van der Waals surface area (Å²) in [4.78, 5) is 25.3. The predicted molar refractivity (Wildman–Crippen MR) is 82.3 cm³/mol. The van der Waals surface area contributed by atoms with E-state index in [1.165, 1.54) is 11.6 Å². The molecule has 0 bridgehead atoms. The van der Waals surface area contributed by atoms with Crippen molar-refractivity contribution in [3.63, 3.8) is 0 Å². The van der Waals surface area contributed by atoms with E-state index < -0.39 is 0 Å². The van der Waals surface area contributed by atoms with Crippen LogP contribution in [-0.2, 0) is 21.5 Å². The van der Waals surface area contributed by atoms with Crippen LogP contribution in [0.4, 0.5) is 0 Å². The molecular formula is C17H20N2O3. The molecule has 0 unspecified atom stereocenters. The first kappa shape index (κ1) is 14.6. The zero-order valence-corrected chi connectivity index (χ0v) is 12.5. The molecule has 1 aliphatic carbocycles. The topological polar surface area (TPSA) is 69.6 Å². The highest BCUT2D eigenvalue weighted by atomic mass is 16.3. The van der Waals surface area contributed by atoms with Crippen LogP contribution in [0.2, 0.25) is 0 Å². The Morgan fingerprint density at radius 2 is 2.18 bits per heavy atom. The van der Waals surface area contributed by atoms with Crippen LogP contribution < -0.4 is 5.32 Å². The van der Waals surface area contributed by atoms with Crippen LogP contribution in [0.3, 0.4) is 0 Å². The van der Waals surface area contributed by atoms with Gasteiger partial charge in [-0.05, 0) is 42.2 Å². The molecule has 1 spiro atoms. The van der Waals surface area contributed by atoms with E-state index in [1.807, 2.05) is 17.0 Å². The van der Waals surface area contributed by atoms with E-state index in [9.17, 15) is 14.7 Å². The maximum absolute atomic E-state index is 12.4. The lowest BCUT2D eigenvalue weighted by atomic mass is 9.86. The molecular weight excluding hydrogens is 280 g/mol. The Hall–Kier alpha value is -2.30. The van der Waals surface area contributed by atoms with Crippen molar-refractivity contribution in [1.29, 1.82) is 0 Å². The highest BCUT2D eigenvalue weighted by molar-refractivity contribution is 5.87. The third-order valence-electron chi connectivity index (χ3n) is 4.55.